The second-order valence-corrected chi connectivity index (χ2v) is 5.46. The van der Waals surface area contributed by atoms with Crippen LogP contribution in [0, 0.1) is 13.8 Å². The molecule has 2 aromatic carbocycles. The predicted molar refractivity (Wildman–Crippen MR) is 80.7 cm³/mol. The van der Waals surface area contributed by atoms with Crippen LogP contribution in [0.3, 0.4) is 0 Å². The fraction of sp³-hybridized carbons (Fsp3) is 0.250. The van der Waals surface area contributed by atoms with Crippen molar-refractivity contribution in [3.8, 4) is 5.75 Å². The molecule has 2 nitrogen and oxygen atoms in total. The molecule has 1 unspecified atom stereocenters. The maximum absolute atomic E-state index is 10.6. The molecule has 0 saturated carbocycles. The van der Waals surface area contributed by atoms with Crippen molar-refractivity contribution < 1.29 is 9.84 Å². The Kier molecular flexibility index (Phi) is 4.27. The summed E-state index contributed by atoms with van der Waals surface area (Å²) in [5, 5.41) is 10.6. The van der Waals surface area contributed by atoms with Crippen LogP contribution in [0.15, 0.2) is 40.9 Å². The molecular weight excluding hydrogens is 304 g/mol. The second kappa shape index (κ2) is 5.76. The minimum Gasteiger partial charge on any atom is -0.496 e. The average molecular weight is 321 g/mol. The van der Waals surface area contributed by atoms with Gasteiger partial charge in [0.2, 0.25) is 0 Å². The molecule has 2 aromatic rings. The van der Waals surface area contributed by atoms with Crippen LogP contribution in [0.2, 0.25) is 0 Å². The van der Waals surface area contributed by atoms with Crippen molar-refractivity contribution in [2.75, 3.05) is 7.11 Å². The number of ether oxygens (including phenoxy) is 1. The highest BCUT2D eigenvalue weighted by Gasteiger charge is 2.18. The van der Waals surface area contributed by atoms with Gasteiger partial charge in [0, 0.05) is 10.0 Å². The molecule has 0 heterocycles. The molecule has 1 atom stereocenters. The summed E-state index contributed by atoms with van der Waals surface area (Å²) in [6, 6.07) is 11.7. The number of rotatable bonds is 3. The zero-order chi connectivity index (χ0) is 14.0. The standard InChI is InChI=1S/C16H17BrO2/c1-10-6-4-5-7-12(10)16(18)13-9-14(17)11(2)8-15(13)19-3/h4-9,16,18H,1-3H3. The number of halogens is 1. The third kappa shape index (κ3) is 2.82. The highest BCUT2D eigenvalue weighted by Crippen LogP contribution is 2.35. The van der Waals surface area contributed by atoms with Crippen LogP contribution in [0.25, 0.3) is 0 Å². The molecule has 0 saturated heterocycles. The number of aliphatic hydroxyl groups excluding tert-OH is 1. The largest absolute Gasteiger partial charge is 0.496 e. The zero-order valence-corrected chi connectivity index (χ0v) is 12.9. The fourth-order valence-corrected chi connectivity index (χ4v) is 2.48. The predicted octanol–water partition coefficient (Wildman–Crippen LogP) is 4.16. The van der Waals surface area contributed by atoms with Crippen molar-refractivity contribution in [1.29, 1.82) is 0 Å². The van der Waals surface area contributed by atoms with Gasteiger partial charge in [0.25, 0.3) is 0 Å². The van der Waals surface area contributed by atoms with Gasteiger partial charge in [0.1, 0.15) is 11.9 Å². The highest BCUT2D eigenvalue weighted by atomic mass is 79.9. The summed E-state index contributed by atoms with van der Waals surface area (Å²) in [7, 11) is 1.62. The van der Waals surface area contributed by atoms with Crippen LogP contribution >= 0.6 is 15.9 Å². The molecule has 0 spiro atoms. The lowest BCUT2D eigenvalue weighted by Crippen LogP contribution is -2.04. The molecule has 0 fully saturated rings. The van der Waals surface area contributed by atoms with Crippen LogP contribution < -0.4 is 4.74 Å². The second-order valence-electron chi connectivity index (χ2n) is 4.60. The Morgan fingerprint density at radius 3 is 2.37 bits per heavy atom. The van der Waals surface area contributed by atoms with Crippen molar-refractivity contribution in [3.63, 3.8) is 0 Å². The van der Waals surface area contributed by atoms with E-state index in [1.54, 1.807) is 7.11 Å². The Bertz CT molecular complexity index is 593. The Morgan fingerprint density at radius 1 is 1.05 bits per heavy atom. The maximum Gasteiger partial charge on any atom is 0.125 e. The Labute approximate surface area is 122 Å². The van der Waals surface area contributed by atoms with Crippen molar-refractivity contribution in [1.82, 2.24) is 0 Å². The summed E-state index contributed by atoms with van der Waals surface area (Å²) < 4.78 is 6.35. The molecule has 100 valence electrons. The van der Waals surface area contributed by atoms with Gasteiger partial charge in [-0.1, -0.05) is 40.2 Å². The lowest BCUT2D eigenvalue weighted by molar-refractivity contribution is 0.214. The third-order valence-corrected chi connectivity index (χ3v) is 4.14. The van der Waals surface area contributed by atoms with E-state index < -0.39 is 6.10 Å². The first-order valence-electron chi connectivity index (χ1n) is 6.12. The number of hydrogen-bond donors (Lipinski definition) is 1. The number of aliphatic hydroxyl groups is 1. The molecule has 0 aromatic heterocycles. The number of aryl methyl sites for hydroxylation is 2. The van der Waals surface area contributed by atoms with Gasteiger partial charge >= 0.3 is 0 Å². The summed E-state index contributed by atoms with van der Waals surface area (Å²) in [5.74, 6) is 0.705. The molecule has 0 aliphatic carbocycles. The Hall–Kier alpha value is -1.32. The van der Waals surface area contributed by atoms with E-state index in [1.165, 1.54) is 0 Å². The number of benzene rings is 2. The van der Waals surface area contributed by atoms with Gasteiger partial charge in [0.05, 0.1) is 7.11 Å². The van der Waals surface area contributed by atoms with Gasteiger partial charge in [-0.05, 0) is 42.7 Å². The van der Waals surface area contributed by atoms with E-state index in [0.717, 1.165) is 26.7 Å². The summed E-state index contributed by atoms with van der Waals surface area (Å²) in [6.07, 6.45) is -0.687. The van der Waals surface area contributed by atoms with Crippen LogP contribution in [0.4, 0.5) is 0 Å². The van der Waals surface area contributed by atoms with Crippen molar-refractivity contribution in [2.45, 2.75) is 20.0 Å². The molecular formula is C16H17BrO2. The molecule has 0 aliphatic heterocycles. The fourth-order valence-electron chi connectivity index (χ4n) is 2.12. The highest BCUT2D eigenvalue weighted by molar-refractivity contribution is 9.10. The smallest absolute Gasteiger partial charge is 0.125 e. The molecule has 2 rings (SSSR count). The topological polar surface area (TPSA) is 29.5 Å². The van der Waals surface area contributed by atoms with Gasteiger partial charge in [-0.2, -0.15) is 0 Å². The zero-order valence-electron chi connectivity index (χ0n) is 11.3. The van der Waals surface area contributed by atoms with E-state index in [1.807, 2.05) is 50.2 Å². The van der Waals surface area contributed by atoms with Gasteiger partial charge in [-0.15, -0.1) is 0 Å². The third-order valence-electron chi connectivity index (χ3n) is 3.29. The molecule has 19 heavy (non-hydrogen) atoms. The minimum absolute atomic E-state index is 0.687. The number of hydrogen-bond acceptors (Lipinski definition) is 2. The molecule has 0 amide bonds. The van der Waals surface area contributed by atoms with Crippen LogP contribution in [-0.4, -0.2) is 12.2 Å². The summed E-state index contributed by atoms with van der Waals surface area (Å²) in [5.41, 5.74) is 3.82. The van der Waals surface area contributed by atoms with E-state index in [-0.39, 0.29) is 0 Å². The van der Waals surface area contributed by atoms with Gasteiger partial charge in [-0.3, -0.25) is 0 Å². The minimum atomic E-state index is -0.687. The SMILES string of the molecule is COc1cc(C)c(Br)cc1C(O)c1ccccc1C. The van der Waals surface area contributed by atoms with E-state index in [2.05, 4.69) is 15.9 Å². The first kappa shape index (κ1) is 14.1. The molecule has 1 N–H and O–H groups in total. The summed E-state index contributed by atoms with van der Waals surface area (Å²) >= 11 is 3.50. The lowest BCUT2D eigenvalue weighted by Gasteiger charge is -2.18. The van der Waals surface area contributed by atoms with Gasteiger partial charge < -0.3 is 9.84 Å². The molecule has 0 radical (unpaired) electrons. The molecule has 3 heteroatoms. The first-order valence-corrected chi connectivity index (χ1v) is 6.91. The van der Waals surface area contributed by atoms with Crippen LogP contribution in [-0.2, 0) is 0 Å². The Morgan fingerprint density at radius 2 is 1.74 bits per heavy atom. The van der Waals surface area contributed by atoms with E-state index in [9.17, 15) is 5.11 Å². The average Bonchev–Trinajstić information content (AvgIpc) is 2.41. The number of methoxy groups -OCH3 is 1. The summed E-state index contributed by atoms with van der Waals surface area (Å²) in [4.78, 5) is 0. The van der Waals surface area contributed by atoms with E-state index in [0.29, 0.717) is 5.75 Å². The van der Waals surface area contributed by atoms with E-state index >= 15 is 0 Å². The van der Waals surface area contributed by atoms with Crippen molar-refractivity contribution >= 4 is 15.9 Å². The molecule has 0 aliphatic rings. The first-order chi connectivity index (χ1) is 9.04. The quantitative estimate of drug-likeness (QED) is 0.920. The monoisotopic (exact) mass is 320 g/mol. The van der Waals surface area contributed by atoms with Crippen molar-refractivity contribution in [3.05, 3.63) is 63.1 Å². The Balaban J connectivity index is 2.52. The molecule has 0 bridgehead atoms. The van der Waals surface area contributed by atoms with Gasteiger partial charge in [-0.25, -0.2) is 0 Å². The summed E-state index contributed by atoms with van der Waals surface area (Å²) in [6.45, 7) is 3.99. The van der Waals surface area contributed by atoms with Crippen LogP contribution in [0.1, 0.15) is 28.4 Å². The normalized spacial score (nSPS) is 12.3. The van der Waals surface area contributed by atoms with Crippen LogP contribution in [0.5, 0.6) is 5.75 Å². The maximum atomic E-state index is 10.6. The van der Waals surface area contributed by atoms with Gasteiger partial charge in [0.15, 0.2) is 0 Å². The van der Waals surface area contributed by atoms with E-state index in [4.69, 9.17) is 4.74 Å². The lowest BCUT2D eigenvalue weighted by atomic mass is 9.96. The van der Waals surface area contributed by atoms with Crippen molar-refractivity contribution in [2.24, 2.45) is 0 Å².